The van der Waals surface area contributed by atoms with E-state index >= 15 is 0 Å². The van der Waals surface area contributed by atoms with Gasteiger partial charge < -0.3 is 0 Å². The molecule has 0 amide bonds. The van der Waals surface area contributed by atoms with Crippen LogP contribution in [0, 0.1) is 35.9 Å². The topological polar surface area (TPSA) is 0 Å². The second kappa shape index (κ2) is 23.9. The second-order valence-electron chi connectivity index (χ2n) is 8.42. The minimum atomic E-state index is -0.187. The standard InChI is InChI=1S/2C12H10F.2C6H5.2ClH.H2Si.Zr/c2*1-9-3-2-4-12(9)10-5-7-11(13)8-6-10;2*1-2-4-6-5-3-1;;;;/h2*4-8H,2H2,1H3;2*1-5H;2*1H;1H2;/q4*-1;;;;. The van der Waals surface area contributed by atoms with Gasteiger partial charge in [-0.05, 0) is 24.3 Å². The molecule has 0 heterocycles. The maximum absolute atomic E-state index is 12.6. The minimum absolute atomic E-state index is 0. The van der Waals surface area contributed by atoms with Crippen LogP contribution < -0.4 is 0 Å². The molecule has 218 valence electrons. The summed E-state index contributed by atoms with van der Waals surface area (Å²) in [6.07, 6.45) is 12.4. The van der Waals surface area contributed by atoms with Crippen LogP contribution in [0.25, 0.3) is 11.1 Å². The van der Waals surface area contributed by atoms with E-state index in [1.54, 1.807) is 47.6 Å². The summed E-state index contributed by atoms with van der Waals surface area (Å²) < 4.78 is 25.3. The van der Waals surface area contributed by atoms with Gasteiger partial charge in [-0.25, -0.2) is 19.9 Å². The van der Waals surface area contributed by atoms with Crippen LogP contribution in [0.5, 0.6) is 0 Å². The van der Waals surface area contributed by atoms with Crippen molar-refractivity contribution in [2.75, 3.05) is 0 Å². The van der Waals surface area contributed by atoms with Crippen molar-refractivity contribution in [3.63, 3.8) is 0 Å². The molecule has 4 aromatic carbocycles. The van der Waals surface area contributed by atoms with Crippen LogP contribution >= 0.6 is 24.8 Å². The Morgan fingerprint density at radius 3 is 1.05 bits per heavy atom. The van der Waals surface area contributed by atoms with E-state index in [1.165, 1.54) is 35.4 Å². The average Bonchev–Trinajstić information content (AvgIpc) is 3.65. The first kappa shape index (κ1) is 39.4. The van der Waals surface area contributed by atoms with E-state index in [9.17, 15) is 8.78 Å². The van der Waals surface area contributed by atoms with E-state index in [4.69, 9.17) is 0 Å². The molecular formula is C36H34Cl2F2SiZr-4. The molecule has 2 aliphatic carbocycles. The molecule has 0 saturated heterocycles. The summed E-state index contributed by atoms with van der Waals surface area (Å²) in [5, 5.41) is 0. The third-order valence-electron chi connectivity index (χ3n) is 5.68. The van der Waals surface area contributed by atoms with Crippen LogP contribution in [0.1, 0.15) is 37.8 Å². The SMILES string of the molecule is CC1=[C-]CC=C1c1ccc(F)cc1.CC1=[C-]CC=C1c1ccc(F)cc1.Cl.Cl.[SiH2]=[Zr].[c-]1ccccc1.[c-]1ccccc1. The zero-order valence-electron chi connectivity index (χ0n) is 23.7. The number of benzene rings is 4. The number of hydrogen-bond acceptors (Lipinski definition) is 0. The molecule has 0 N–H and O–H groups in total. The van der Waals surface area contributed by atoms with Crippen LogP contribution in [0.4, 0.5) is 8.78 Å². The Morgan fingerprint density at radius 1 is 0.548 bits per heavy atom. The van der Waals surface area contributed by atoms with E-state index in [0.717, 1.165) is 35.1 Å². The van der Waals surface area contributed by atoms with Crippen molar-refractivity contribution in [2.45, 2.75) is 26.7 Å². The van der Waals surface area contributed by atoms with Gasteiger partial charge in [0.15, 0.2) is 0 Å². The van der Waals surface area contributed by atoms with Gasteiger partial charge in [-0.15, -0.1) is 48.8 Å². The predicted molar refractivity (Wildman–Crippen MR) is 176 cm³/mol. The van der Waals surface area contributed by atoms with Gasteiger partial charge in [0.1, 0.15) is 11.6 Å². The van der Waals surface area contributed by atoms with E-state index in [-0.39, 0.29) is 36.4 Å². The Morgan fingerprint density at radius 2 is 0.857 bits per heavy atom. The molecule has 2 aliphatic rings. The van der Waals surface area contributed by atoms with E-state index in [2.05, 4.69) is 36.4 Å². The summed E-state index contributed by atoms with van der Waals surface area (Å²) in [4.78, 5) is 0. The van der Waals surface area contributed by atoms with Crippen LogP contribution in [0.15, 0.2) is 132 Å². The third kappa shape index (κ3) is 15.0. The van der Waals surface area contributed by atoms with Gasteiger partial charge in [-0.2, -0.15) is 96.1 Å². The largest absolute Gasteiger partial charge is 0.184 e. The molecule has 0 unspecified atom stereocenters. The molecule has 0 radical (unpaired) electrons. The zero-order valence-corrected chi connectivity index (χ0v) is 29.2. The second-order valence-corrected chi connectivity index (χ2v) is 8.42. The van der Waals surface area contributed by atoms with Crippen LogP contribution in [0.2, 0.25) is 0 Å². The molecular weight excluding hydrogens is 661 g/mol. The van der Waals surface area contributed by atoms with Crippen LogP contribution in [-0.2, 0) is 23.3 Å². The van der Waals surface area contributed by atoms with Crippen LogP contribution in [0.3, 0.4) is 0 Å². The Bertz CT molecular complexity index is 1220. The number of hydrogen-bond donors (Lipinski definition) is 0. The molecule has 42 heavy (non-hydrogen) atoms. The Hall–Kier alpha value is -2.62. The molecule has 0 fully saturated rings. The van der Waals surface area contributed by atoms with E-state index in [0.29, 0.717) is 0 Å². The molecule has 0 saturated carbocycles. The minimum Gasteiger partial charge on any atom is -0.184 e. The summed E-state index contributed by atoms with van der Waals surface area (Å²) in [5.74, 6) is -0.374. The number of allylic oxidation sites excluding steroid dienone is 8. The maximum Gasteiger partial charge on any atom is -0.171 e. The van der Waals surface area contributed by atoms with Crippen molar-refractivity contribution in [1.29, 1.82) is 0 Å². The fourth-order valence-electron chi connectivity index (χ4n) is 3.72. The maximum atomic E-state index is 12.6. The molecule has 0 aliphatic heterocycles. The molecule has 0 bridgehead atoms. The molecule has 6 heteroatoms. The van der Waals surface area contributed by atoms with Crippen molar-refractivity contribution in [3.8, 4) is 0 Å². The molecule has 6 rings (SSSR count). The zero-order chi connectivity index (χ0) is 29.0. The first-order valence-electron chi connectivity index (χ1n) is 12.8. The smallest absolute Gasteiger partial charge is 0.171 e. The van der Waals surface area contributed by atoms with E-state index in [1.807, 2.05) is 81.4 Å². The van der Waals surface area contributed by atoms with Crippen molar-refractivity contribution in [1.82, 2.24) is 0 Å². The Kier molecular flexibility index (Phi) is 22.4. The normalized spacial score (nSPS) is 12.0. The summed E-state index contributed by atoms with van der Waals surface area (Å²) >= 11 is 1.58. The first-order chi connectivity index (χ1) is 19.5. The van der Waals surface area contributed by atoms with Gasteiger partial charge in [-0.1, -0.05) is 38.1 Å². The average molecular weight is 695 g/mol. The van der Waals surface area contributed by atoms with Crippen molar-refractivity contribution in [2.24, 2.45) is 0 Å². The van der Waals surface area contributed by atoms with Gasteiger partial charge >= 0.3 is 30.2 Å². The van der Waals surface area contributed by atoms with E-state index < -0.39 is 0 Å². The first-order valence-corrected chi connectivity index (χ1v) is 18.7. The summed E-state index contributed by atoms with van der Waals surface area (Å²) in [6, 6.07) is 38.2. The molecule has 0 atom stereocenters. The van der Waals surface area contributed by atoms with Crippen molar-refractivity contribution >= 4 is 42.8 Å². The monoisotopic (exact) mass is 692 g/mol. The van der Waals surface area contributed by atoms with Crippen LogP contribution in [-0.4, -0.2) is 6.88 Å². The molecule has 0 nitrogen and oxygen atoms in total. The summed E-state index contributed by atoms with van der Waals surface area (Å²) in [6.45, 7) is 6.01. The predicted octanol–water partition coefficient (Wildman–Crippen LogP) is 9.62. The molecule has 4 aromatic rings. The Labute approximate surface area is 279 Å². The van der Waals surface area contributed by atoms with Gasteiger partial charge in [0.2, 0.25) is 0 Å². The van der Waals surface area contributed by atoms with Gasteiger partial charge in [-0.3, -0.25) is 12.2 Å². The van der Waals surface area contributed by atoms with Gasteiger partial charge in [0.05, 0.1) is 0 Å². The molecule has 0 spiro atoms. The van der Waals surface area contributed by atoms with Crippen molar-refractivity contribution in [3.05, 3.63) is 180 Å². The van der Waals surface area contributed by atoms with Gasteiger partial charge in [0, 0.05) is 0 Å². The number of rotatable bonds is 2. The number of halogens is 4. The fourth-order valence-corrected chi connectivity index (χ4v) is 3.72. The summed E-state index contributed by atoms with van der Waals surface area (Å²) in [7, 11) is 0. The molecule has 0 aromatic heterocycles. The third-order valence-corrected chi connectivity index (χ3v) is 5.68. The fraction of sp³-hybridized carbons (Fsp3) is 0.111. The Balaban J connectivity index is 0.000000543. The van der Waals surface area contributed by atoms with Crippen molar-refractivity contribution < 1.29 is 32.1 Å². The van der Waals surface area contributed by atoms with Gasteiger partial charge in [0.25, 0.3) is 0 Å². The summed E-state index contributed by atoms with van der Waals surface area (Å²) in [5.41, 5.74) is 6.83. The quantitative estimate of drug-likeness (QED) is 0.145.